The van der Waals surface area contributed by atoms with Crippen molar-refractivity contribution in [1.29, 1.82) is 0 Å². The van der Waals surface area contributed by atoms with Gasteiger partial charge in [0, 0.05) is 6.54 Å². The predicted octanol–water partition coefficient (Wildman–Crippen LogP) is 4.81. The van der Waals surface area contributed by atoms with Crippen molar-refractivity contribution in [3.05, 3.63) is 40.3 Å². The molecule has 4 heteroatoms. The van der Waals surface area contributed by atoms with Crippen LogP contribution in [0.5, 0.6) is 0 Å². The van der Waals surface area contributed by atoms with Crippen LogP contribution in [0.1, 0.15) is 50.7 Å². The smallest absolute Gasteiger partial charge is 0.266 e. The molecule has 1 aromatic carbocycles. The van der Waals surface area contributed by atoms with Crippen LogP contribution < -0.4 is 0 Å². The highest BCUT2D eigenvalue weighted by atomic mass is 32.2. The maximum Gasteiger partial charge on any atom is 0.266 e. The van der Waals surface area contributed by atoms with Crippen molar-refractivity contribution in [1.82, 2.24) is 4.90 Å². The Balaban J connectivity index is 2.14. The van der Waals surface area contributed by atoms with Gasteiger partial charge in [-0.1, -0.05) is 75.4 Å². The molecule has 1 saturated heterocycles. The van der Waals surface area contributed by atoms with E-state index in [1.165, 1.54) is 17.3 Å². The third-order valence-corrected chi connectivity index (χ3v) is 4.89. The number of unbranched alkanes of at least 4 members (excludes halogenated alkanes) is 1. The first-order chi connectivity index (χ1) is 10.0. The van der Waals surface area contributed by atoms with Crippen molar-refractivity contribution in [2.75, 3.05) is 6.54 Å². The molecule has 0 unspecified atom stereocenters. The summed E-state index contributed by atoms with van der Waals surface area (Å²) in [5, 5.41) is 0. The lowest BCUT2D eigenvalue weighted by atomic mass is 10.0. The molecule has 1 aromatic rings. The van der Waals surface area contributed by atoms with Crippen LogP contribution in [0, 0.1) is 0 Å². The van der Waals surface area contributed by atoms with Gasteiger partial charge in [0.15, 0.2) is 0 Å². The molecule has 112 valence electrons. The molecule has 0 aliphatic carbocycles. The van der Waals surface area contributed by atoms with Crippen LogP contribution in [0.25, 0.3) is 6.08 Å². The molecule has 1 heterocycles. The van der Waals surface area contributed by atoms with Gasteiger partial charge in [-0.05, 0) is 29.5 Å². The Kier molecular flexibility index (Phi) is 5.59. The molecule has 0 bridgehead atoms. The number of thioether (sulfide) groups is 1. The minimum Gasteiger partial charge on any atom is -0.293 e. The Hall–Kier alpha value is -1.13. The number of benzene rings is 1. The number of carbonyl (C=O) groups is 1. The molecule has 1 amide bonds. The van der Waals surface area contributed by atoms with Crippen molar-refractivity contribution in [2.24, 2.45) is 0 Å². The summed E-state index contributed by atoms with van der Waals surface area (Å²) < 4.78 is 0.679. The average molecular weight is 319 g/mol. The first-order valence-corrected chi connectivity index (χ1v) is 8.60. The summed E-state index contributed by atoms with van der Waals surface area (Å²) in [5.74, 6) is 0.567. The van der Waals surface area contributed by atoms with E-state index in [0.717, 1.165) is 29.9 Å². The Labute approximate surface area is 136 Å². The molecule has 1 aliphatic rings. The first kappa shape index (κ1) is 16.2. The Morgan fingerprint density at radius 2 is 1.95 bits per heavy atom. The van der Waals surface area contributed by atoms with Crippen LogP contribution in [0.2, 0.25) is 0 Å². The van der Waals surface area contributed by atoms with Crippen LogP contribution in [0.4, 0.5) is 0 Å². The highest BCUT2D eigenvalue weighted by molar-refractivity contribution is 8.26. The summed E-state index contributed by atoms with van der Waals surface area (Å²) in [6.45, 7) is 7.19. The highest BCUT2D eigenvalue weighted by Gasteiger charge is 2.31. The number of rotatable bonds is 5. The summed E-state index contributed by atoms with van der Waals surface area (Å²) in [6.07, 6.45) is 3.99. The van der Waals surface area contributed by atoms with Crippen LogP contribution in [-0.2, 0) is 4.79 Å². The predicted molar refractivity (Wildman–Crippen MR) is 95.3 cm³/mol. The molecule has 2 nitrogen and oxygen atoms in total. The standard InChI is InChI=1S/C17H21NOS2/c1-4-5-10-18-16(19)15(21-17(18)20)11-13-6-8-14(9-7-13)12(2)3/h6-9,11-12H,4-5,10H2,1-3H3/b15-11-. The van der Waals surface area contributed by atoms with Gasteiger partial charge in [0.25, 0.3) is 5.91 Å². The van der Waals surface area contributed by atoms with E-state index in [9.17, 15) is 4.79 Å². The van der Waals surface area contributed by atoms with Crippen molar-refractivity contribution in [3.63, 3.8) is 0 Å². The van der Waals surface area contributed by atoms with E-state index in [4.69, 9.17) is 12.2 Å². The Bertz CT molecular complexity index is 561. The fraction of sp³-hybridized carbons (Fsp3) is 0.412. The molecule has 2 rings (SSSR count). The van der Waals surface area contributed by atoms with Gasteiger partial charge >= 0.3 is 0 Å². The maximum atomic E-state index is 12.4. The van der Waals surface area contributed by atoms with Crippen LogP contribution >= 0.6 is 24.0 Å². The topological polar surface area (TPSA) is 20.3 Å². The fourth-order valence-electron chi connectivity index (χ4n) is 2.14. The van der Waals surface area contributed by atoms with E-state index in [1.807, 2.05) is 6.08 Å². The van der Waals surface area contributed by atoms with Gasteiger partial charge in [-0.3, -0.25) is 9.69 Å². The van der Waals surface area contributed by atoms with Crippen molar-refractivity contribution in [2.45, 2.75) is 39.5 Å². The van der Waals surface area contributed by atoms with E-state index in [2.05, 4.69) is 45.0 Å². The van der Waals surface area contributed by atoms with Gasteiger partial charge in [0.2, 0.25) is 0 Å². The van der Waals surface area contributed by atoms with Crippen molar-refractivity contribution in [3.8, 4) is 0 Å². The van der Waals surface area contributed by atoms with Gasteiger partial charge in [-0.15, -0.1) is 0 Å². The average Bonchev–Trinajstić information content (AvgIpc) is 2.72. The third-order valence-electron chi connectivity index (χ3n) is 3.51. The summed E-state index contributed by atoms with van der Waals surface area (Å²) >= 11 is 6.71. The third kappa shape index (κ3) is 3.95. The van der Waals surface area contributed by atoms with Crippen LogP contribution in [0.3, 0.4) is 0 Å². The number of thiocarbonyl (C=S) groups is 1. The molecule has 0 N–H and O–H groups in total. The molecule has 1 aliphatic heterocycles. The lowest BCUT2D eigenvalue weighted by molar-refractivity contribution is -0.122. The largest absolute Gasteiger partial charge is 0.293 e. The molecule has 1 fully saturated rings. The van der Waals surface area contributed by atoms with Gasteiger partial charge < -0.3 is 0 Å². The number of hydrogen-bond acceptors (Lipinski definition) is 3. The summed E-state index contributed by atoms with van der Waals surface area (Å²) in [7, 11) is 0. The summed E-state index contributed by atoms with van der Waals surface area (Å²) in [6, 6.07) is 8.37. The summed E-state index contributed by atoms with van der Waals surface area (Å²) in [4.78, 5) is 14.8. The molecule has 21 heavy (non-hydrogen) atoms. The molecule has 0 atom stereocenters. The monoisotopic (exact) mass is 319 g/mol. The second-order valence-corrected chi connectivity index (χ2v) is 7.18. The van der Waals surface area contributed by atoms with Gasteiger partial charge in [-0.25, -0.2) is 0 Å². The number of amides is 1. The Morgan fingerprint density at radius 1 is 1.29 bits per heavy atom. The SMILES string of the molecule is CCCCN1C(=O)/C(=C/c2ccc(C(C)C)cc2)SC1=S. The molecule has 0 saturated carbocycles. The van der Waals surface area contributed by atoms with Crippen molar-refractivity contribution < 1.29 is 4.79 Å². The first-order valence-electron chi connectivity index (χ1n) is 7.38. The van der Waals surface area contributed by atoms with E-state index < -0.39 is 0 Å². The van der Waals surface area contributed by atoms with E-state index in [0.29, 0.717) is 10.2 Å². The zero-order chi connectivity index (χ0) is 15.4. The van der Waals surface area contributed by atoms with Crippen LogP contribution in [0.15, 0.2) is 29.2 Å². The quantitative estimate of drug-likeness (QED) is 0.574. The lowest BCUT2D eigenvalue weighted by Gasteiger charge is -2.13. The number of nitrogens with zero attached hydrogens (tertiary/aromatic N) is 1. The molecule has 0 radical (unpaired) electrons. The van der Waals surface area contributed by atoms with E-state index >= 15 is 0 Å². The fourth-order valence-corrected chi connectivity index (χ4v) is 3.45. The second-order valence-electron chi connectivity index (χ2n) is 5.51. The zero-order valence-electron chi connectivity index (χ0n) is 12.8. The zero-order valence-corrected chi connectivity index (χ0v) is 14.4. The minimum absolute atomic E-state index is 0.0476. The van der Waals surface area contributed by atoms with Crippen molar-refractivity contribution >= 4 is 40.3 Å². The van der Waals surface area contributed by atoms with Crippen LogP contribution in [-0.4, -0.2) is 21.7 Å². The molecular formula is C17H21NOS2. The summed E-state index contributed by atoms with van der Waals surface area (Å²) in [5.41, 5.74) is 2.36. The maximum absolute atomic E-state index is 12.4. The Morgan fingerprint density at radius 3 is 2.52 bits per heavy atom. The second kappa shape index (κ2) is 7.23. The number of hydrogen-bond donors (Lipinski definition) is 0. The van der Waals surface area contributed by atoms with Gasteiger partial charge in [0.05, 0.1) is 4.91 Å². The minimum atomic E-state index is 0.0476. The molecular weight excluding hydrogens is 298 g/mol. The molecule has 0 spiro atoms. The molecule has 0 aromatic heterocycles. The highest BCUT2D eigenvalue weighted by Crippen LogP contribution is 2.32. The lowest BCUT2D eigenvalue weighted by Crippen LogP contribution is -2.28. The van der Waals surface area contributed by atoms with Gasteiger partial charge in [-0.2, -0.15) is 0 Å². The van der Waals surface area contributed by atoms with E-state index in [1.54, 1.807) is 4.90 Å². The van der Waals surface area contributed by atoms with E-state index in [-0.39, 0.29) is 5.91 Å². The van der Waals surface area contributed by atoms with Gasteiger partial charge in [0.1, 0.15) is 4.32 Å². The number of carbonyl (C=O) groups excluding carboxylic acids is 1. The normalized spacial score (nSPS) is 17.3.